The molecule has 0 bridgehead atoms. The minimum Gasteiger partial charge on any atom is -0.490 e. The summed E-state index contributed by atoms with van der Waals surface area (Å²) in [4.78, 5) is 38.6. The Kier molecular flexibility index (Phi) is 15.5. The normalized spacial score (nSPS) is 18.2. The number of ether oxygens (including phenoxy) is 2. The Balaban J connectivity index is 0.000000180. The van der Waals surface area contributed by atoms with E-state index in [4.69, 9.17) is 18.5 Å². The lowest BCUT2D eigenvalue weighted by Gasteiger charge is -2.32. The highest BCUT2D eigenvalue weighted by Crippen LogP contribution is 2.40. The zero-order chi connectivity index (χ0) is 51.2. The Morgan fingerprint density at radius 2 is 1.25 bits per heavy atom. The van der Waals surface area contributed by atoms with Crippen molar-refractivity contribution in [2.24, 2.45) is 11.8 Å². The number of rotatable bonds is 13. The molecule has 2 aliphatic heterocycles. The summed E-state index contributed by atoms with van der Waals surface area (Å²) in [6, 6.07) is 27.0. The van der Waals surface area contributed by atoms with Crippen molar-refractivity contribution >= 4 is 11.9 Å². The highest BCUT2D eigenvalue weighted by atomic mass is 16.5. The number of carbonyl (C=O) groups is 2. The van der Waals surface area contributed by atoms with Crippen molar-refractivity contribution in [2.45, 2.75) is 104 Å². The molecule has 73 heavy (non-hydrogen) atoms. The Labute approximate surface area is 425 Å². The van der Waals surface area contributed by atoms with Crippen LogP contribution in [0.1, 0.15) is 112 Å². The number of likely N-dealkylation sites (tertiary alicyclic amines) is 2. The third kappa shape index (κ3) is 11.4. The number of hydrogen-bond acceptors (Lipinski definition) is 14. The van der Waals surface area contributed by atoms with Gasteiger partial charge in [0.2, 0.25) is 17.6 Å². The number of nitrogens with zero attached hydrogens (tertiary/aromatic N) is 8. The van der Waals surface area contributed by atoms with Crippen LogP contribution in [0, 0.1) is 34.5 Å². The minimum atomic E-state index is -0.0731. The molecule has 4 aromatic carbocycles. The van der Waals surface area contributed by atoms with E-state index in [1.807, 2.05) is 73.9 Å². The van der Waals surface area contributed by atoms with Crippen molar-refractivity contribution in [1.82, 2.24) is 40.7 Å². The predicted molar refractivity (Wildman–Crippen MR) is 272 cm³/mol. The summed E-state index contributed by atoms with van der Waals surface area (Å²) in [5, 5.41) is 43.6. The Bertz CT molecular complexity index is 3030. The molecule has 17 heteroatoms. The molecule has 0 saturated carbocycles. The van der Waals surface area contributed by atoms with Crippen LogP contribution in [0.2, 0.25) is 0 Å². The molecule has 17 nitrogen and oxygen atoms in total. The lowest BCUT2D eigenvalue weighted by atomic mass is 9.98. The molecule has 2 aromatic heterocycles. The first kappa shape index (κ1) is 50.3. The number of piperidine rings is 1. The van der Waals surface area contributed by atoms with E-state index in [1.54, 1.807) is 30.3 Å². The summed E-state index contributed by atoms with van der Waals surface area (Å²) >= 11 is 0. The first-order chi connectivity index (χ1) is 35.4. The average molecular weight is 987 g/mol. The van der Waals surface area contributed by atoms with Crippen LogP contribution >= 0.6 is 0 Å². The third-order valence-corrected chi connectivity index (χ3v) is 14.0. The van der Waals surface area contributed by atoms with Crippen LogP contribution < -0.4 is 20.1 Å². The van der Waals surface area contributed by atoms with Gasteiger partial charge in [-0.25, -0.2) is 4.79 Å². The zero-order valence-electron chi connectivity index (χ0n) is 42.1. The van der Waals surface area contributed by atoms with E-state index < -0.39 is 0 Å². The van der Waals surface area contributed by atoms with Gasteiger partial charge in [0.15, 0.2) is 0 Å². The van der Waals surface area contributed by atoms with Gasteiger partial charge in [0.25, 0.3) is 11.8 Å². The van der Waals surface area contributed by atoms with E-state index in [-0.39, 0.29) is 48.8 Å². The Morgan fingerprint density at radius 1 is 0.726 bits per heavy atom. The molecule has 2 fully saturated rings. The number of nitriles is 2. The largest absolute Gasteiger partial charge is 0.490 e. The maximum atomic E-state index is 12.9. The van der Waals surface area contributed by atoms with Gasteiger partial charge in [-0.2, -0.15) is 20.5 Å². The fourth-order valence-electron chi connectivity index (χ4n) is 10.2. The van der Waals surface area contributed by atoms with Gasteiger partial charge >= 0.3 is 6.03 Å². The van der Waals surface area contributed by atoms with E-state index in [0.717, 1.165) is 80.3 Å². The minimum absolute atomic E-state index is 0.0292. The molecule has 4 heterocycles. The van der Waals surface area contributed by atoms with Gasteiger partial charge in [-0.15, -0.1) is 0 Å². The van der Waals surface area contributed by atoms with Gasteiger partial charge in [0.05, 0.1) is 35.9 Å². The first-order valence-corrected chi connectivity index (χ1v) is 25.4. The quantitative estimate of drug-likeness (QED) is 0.0981. The standard InChI is InChI=1S/C28H31N5O4.C28H31N5O3/c1-17(2)36-25-9-6-19(14-20(25)15-29)27-31-26(32-37-27)23-5-3-4-22-21(23)7-8-24(22)30-28(35)33-12-10-18(16-34)11-13-33;1-17(2)35-25-10-7-19(13-20(25)14-29)28-31-27(32-36-28)23-6-4-5-22-21(23)8-9-24(22)30-15-26(34)33-12-11-18(3)16-33/h3-6,9,14,17-18,24,34H,7-8,10-13,16H2,1-2H3,(H,30,35);4-7,10,13,17-18,24,30H,8-9,11-12,15-16H2,1-3H3/t24-;18-,24+/m00/s1. The van der Waals surface area contributed by atoms with E-state index in [1.165, 1.54) is 11.1 Å². The summed E-state index contributed by atoms with van der Waals surface area (Å²) in [6.07, 6.45) is 6.08. The van der Waals surface area contributed by atoms with Gasteiger partial charge in [0.1, 0.15) is 23.6 Å². The number of benzene rings is 4. The van der Waals surface area contributed by atoms with Crippen molar-refractivity contribution < 1.29 is 33.2 Å². The smallest absolute Gasteiger partial charge is 0.317 e. The van der Waals surface area contributed by atoms with E-state index in [2.05, 4.69) is 56.0 Å². The predicted octanol–water partition coefficient (Wildman–Crippen LogP) is 8.97. The molecule has 3 atom stereocenters. The highest BCUT2D eigenvalue weighted by Gasteiger charge is 2.32. The van der Waals surface area contributed by atoms with Crippen LogP contribution in [0.3, 0.4) is 0 Å². The Hall–Kier alpha value is -7.60. The third-order valence-electron chi connectivity index (χ3n) is 14.0. The second-order valence-corrected chi connectivity index (χ2v) is 19.9. The maximum absolute atomic E-state index is 12.9. The van der Waals surface area contributed by atoms with E-state index >= 15 is 0 Å². The highest BCUT2D eigenvalue weighted by molar-refractivity contribution is 5.79. The average Bonchev–Trinajstić information content (AvgIpc) is 4.28. The second-order valence-electron chi connectivity index (χ2n) is 19.9. The van der Waals surface area contributed by atoms with Crippen LogP contribution in [0.25, 0.3) is 45.7 Å². The molecular weight excluding hydrogens is 925 g/mol. The monoisotopic (exact) mass is 986 g/mol. The lowest BCUT2D eigenvalue weighted by Crippen LogP contribution is -2.45. The number of carbonyl (C=O) groups excluding carboxylic acids is 2. The van der Waals surface area contributed by atoms with Crippen LogP contribution in [-0.2, 0) is 17.6 Å². The van der Waals surface area contributed by atoms with Crippen LogP contribution in [0.5, 0.6) is 11.5 Å². The second kappa shape index (κ2) is 22.4. The van der Waals surface area contributed by atoms with Crippen LogP contribution in [0.4, 0.5) is 4.79 Å². The number of amides is 3. The van der Waals surface area contributed by atoms with Crippen molar-refractivity contribution in [3.8, 4) is 69.3 Å². The molecule has 0 radical (unpaired) electrons. The number of urea groups is 1. The van der Waals surface area contributed by atoms with Gasteiger partial charge in [-0.05, 0) is 143 Å². The van der Waals surface area contributed by atoms with Crippen molar-refractivity contribution in [2.75, 3.05) is 39.3 Å². The summed E-state index contributed by atoms with van der Waals surface area (Å²) in [5.41, 5.74) is 8.52. The molecule has 2 aliphatic carbocycles. The summed E-state index contributed by atoms with van der Waals surface area (Å²) in [6.45, 7) is 13.4. The van der Waals surface area contributed by atoms with Gasteiger partial charge < -0.3 is 44.1 Å². The van der Waals surface area contributed by atoms with E-state index in [0.29, 0.717) is 82.7 Å². The number of fused-ring (bicyclic) bond motifs is 2. The number of hydrogen-bond donors (Lipinski definition) is 3. The molecule has 6 aromatic rings. The lowest BCUT2D eigenvalue weighted by molar-refractivity contribution is -0.129. The summed E-state index contributed by atoms with van der Waals surface area (Å²) < 4.78 is 22.6. The summed E-state index contributed by atoms with van der Waals surface area (Å²) in [5.74, 6) is 3.78. The topological polar surface area (TPSA) is 229 Å². The van der Waals surface area contributed by atoms with Gasteiger partial charge in [0, 0.05) is 61.1 Å². The fourth-order valence-corrected chi connectivity index (χ4v) is 10.2. The number of aliphatic hydroxyl groups is 1. The van der Waals surface area contributed by atoms with Crippen LogP contribution in [-0.4, -0.2) is 98.7 Å². The maximum Gasteiger partial charge on any atom is 0.317 e. The molecular formula is C56H62N10O7. The summed E-state index contributed by atoms with van der Waals surface area (Å²) in [7, 11) is 0. The van der Waals surface area contributed by atoms with Crippen molar-refractivity contribution in [3.05, 3.63) is 106 Å². The molecule has 3 amide bonds. The molecule has 378 valence electrons. The number of aliphatic hydroxyl groups excluding tert-OH is 1. The van der Waals surface area contributed by atoms with Gasteiger partial charge in [-0.3, -0.25) is 4.79 Å². The van der Waals surface area contributed by atoms with Crippen molar-refractivity contribution in [1.29, 1.82) is 10.5 Å². The van der Waals surface area contributed by atoms with Crippen LogP contribution in [0.15, 0.2) is 81.8 Å². The van der Waals surface area contributed by atoms with E-state index in [9.17, 15) is 25.2 Å². The zero-order valence-corrected chi connectivity index (χ0v) is 42.1. The van der Waals surface area contributed by atoms with Crippen molar-refractivity contribution in [3.63, 3.8) is 0 Å². The number of nitrogens with one attached hydrogen (secondary N) is 2. The molecule has 4 aliphatic rings. The molecule has 0 unspecified atom stereocenters. The molecule has 10 rings (SSSR count). The Morgan fingerprint density at radius 3 is 1.74 bits per heavy atom. The molecule has 3 N–H and O–H groups in total. The SMILES string of the molecule is CC(C)Oc1ccc(-c2nc(-c3cccc4c3CC[C@@H]4NC(=O)N3CCC(CO)CC3)no2)cc1C#N.CC(C)Oc1ccc(-c2nc(-c3cccc4c3CC[C@H]4NCC(=O)N3CC[C@H](C)C3)no2)cc1C#N. The van der Waals surface area contributed by atoms with Gasteiger partial charge in [-0.1, -0.05) is 53.6 Å². The molecule has 0 spiro atoms. The molecule has 2 saturated heterocycles. The fraction of sp³-hybridized carbons (Fsp3) is 0.429. The first-order valence-electron chi connectivity index (χ1n) is 25.4. The number of aromatic nitrogens is 4.